The van der Waals surface area contributed by atoms with Gasteiger partial charge in [0.25, 0.3) is 0 Å². The Kier molecular flexibility index (Phi) is 5.52. The molecule has 3 nitrogen and oxygen atoms in total. The van der Waals surface area contributed by atoms with Gasteiger partial charge >= 0.3 is 0 Å². The molecule has 1 saturated carbocycles. The van der Waals surface area contributed by atoms with Crippen LogP contribution in [0.5, 0.6) is 0 Å². The highest BCUT2D eigenvalue weighted by molar-refractivity contribution is 5.85. The molecule has 4 heteroatoms. The third-order valence-corrected chi connectivity index (χ3v) is 5.18. The molecule has 2 heterocycles. The zero-order chi connectivity index (χ0) is 12.4. The second-order valence-corrected chi connectivity index (χ2v) is 6.32. The lowest BCUT2D eigenvalue weighted by atomic mass is 9.91. The summed E-state index contributed by atoms with van der Waals surface area (Å²) in [7, 11) is 0. The molecule has 0 radical (unpaired) electrons. The molecule has 0 aromatic heterocycles. The molecule has 2 aliphatic heterocycles. The van der Waals surface area contributed by atoms with E-state index in [1.165, 1.54) is 44.9 Å². The molecule has 3 unspecified atom stereocenters. The Hall–Kier alpha value is -0.280. The van der Waals surface area contributed by atoms with E-state index in [1.807, 2.05) is 0 Å². The zero-order valence-electron chi connectivity index (χ0n) is 11.8. The number of piperidine rings is 1. The number of rotatable bonds is 3. The molecule has 19 heavy (non-hydrogen) atoms. The summed E-state index contributed by atoms with van der Waals surface area (Å²) in [5.74, 6) is 1.26. The van der Waals surface area contributed by atoms with Crippen molar-refractivity contribution in [2.75, 3.05) is 13.1 Å². The van der Waals surface area contributed by atoms with Crippen molar-refractivity contribution in [3.63, 3.8) is 0 Å². The molecule has 1 N–H and O–H groups in total. The van der Waals surface area contributed by atoms with Gasteiger partial charge in [-0.15, -0.1) is 12.4 Å². The SMILES string of the molecule is Cl.O=C(CCC1CCCN1)N1CCCC2CCCC21. The van der Waals surface area contributed by atoms with Crippen molar-refractivity contribution in [1.29, 1.82) is 0 Å². The maximum atomic E-state index is 12.4. The summed E-state index contributed by atoms with van der Waals surface area (Å²) in [5, 5.41) is 3.49. The summed E-state index contributed by atoms with van der Waals surface area (Å²) in [6, 6.07) is 1.21. The van der Waals surface area contributed by atoms with Gasteiger partial charge in [0.05, 0.1) is 0 Å². The Bertz CT molecular complexity index is 305. The van der Waals surface area contributed by atoms with E-state index in [9.17, 15) is 4.79 Å². The van der Waals surface area contributed by atoms with Gasteiger partial charge in [0.2, 0.25) is 5.91 Å². The van der Waals surface area contributed by atoms with Gasteiger partial charge in [-0.1, -0.05) is 6.42 Å². The van der Waals surface area contributed by atoms with Gasteiger partial charge in [-0.25, -0.2) is 0 Å². The molecule has 0 spiro atoms. The van der Waals surface area contributed by atoms with Crippen molar-refractivity contribution >= 4 is 18.3 Å². The minimum absolute atomic E-state index is 0. The number of hydrogen-bond acceptors (Lipinski definition) is 2. The normalized spacial score (nSPS) is 33.9. The van der Waals surface area contributed by atoms with Gasteiger partial charge in [-0.2, -0.15) is 0 Å². The van der Waals surface area contributed by atoms with Crippen molar-refractivity contribution in [1.82, 2.24) is 10.2 Å². The fourth-order valence-corrected chi connectivity index (χ4v) is 4.21. The quantitative estimate of drug-likeness (QED) is 0.865. The van der Waals surface area contributed by atoms with E-state index >= 15 is 0 Å². The van der Waals surface area contributed by atoms with E-state index in [0.717, 1.165) is 31.8 Å². The van der Waals surface area contributed by atoms with Crippen LogP contribution in [0.2, 0.25) is 0 Å². The van der Waals surface area contributed by atoms with Crippen molar-refractivity contribution in [3.05, 3.63) is 0 Å². The van der Waals surface area contributed by atoms with Crippen LogP contribution in [0.4, 0.5) is 0 Å². The number of carbonyl (C=O) groups is 1. The maximum Gasteiger partial charge on any atom is 0.222 e. The zero-order valence-corrected chi connectivity index (χ0v) is 12.6. The van der Waals surface area contributed by atoms with Gasteiger partial charge in [-0.3, -0.25) is 4.79 Å². The molecule has 0 aromatic carbocycles. The smallest absolute Gasteiger partial charge is 0.222 e. The standard InChI is InChI=1S/C15H26N2O.ClH/c18-15(9-8-13-6-2-10-16-13)17-11-3-5-12-4-1-7-14(12)17;/h12-14,16H,1-11H2;1H. The third kappa shape index (κ3) is 3.43. The summed E-state index contributed by atoms with van der Waals surface area (Å²) in [5.41, 5.74) is 0. The number of carbonyl (C=O) groups excluding carboxylic acids is 1. The van der Waals surface area contributed by atoms with Gasteiger partial charge < -0.3 is 10.2 Å². The fraction of sp³-hybridized carbons (Fsp3) is 0.933. The molecule has 1 aliphatic carbocycles. The number of hydrogen-bond donors (Lipinski definition) is 1. The Labute approximate surface area is 122 Å². The highest BCUT2D eigenvalue weighted by Gasteiger charge is 2.37. The first-order valence-corrected chi connectivity index (χ1v) is 7.87. The molecule has 110 valence electrons. The fourth-order valence-electron chi connectivity index (χ4n) is 4.21. The van der Waals surface area contributed by atoms with Crippen molar-refractivity contribution in [2.24, 2.45) is 5.92 Å². The number of nitrogens with one attached hydrogen (secondary N) is 1. The molecule has 1 amide bonds. The van der Waals surface area contributed by atoms with Crippen molar-refractivity contribution in [2.45, 2.75) is 69.9 Å². The highest BCUT2D eigenvalue weighted by atomic mass is 35.5. The molecule has 0 aromatic rings. The van der Waals surface area contributed by atoms with Crippen LogP contribution >= 0.6 is 12.4 Å². The summed E-state index contributed by atoms with van der Waals surface area (Å²) in [6.45, 7) is 2.17. The lowest BCUT2D eigenvalue weighted by Gasteiger charge is -2.38. The van der Waals surface area contributed by atoms with E-state index < -0.39 is 0 Å². The molecule has 3 aliphatic rings. The number of halogens is 1. The summed E-state index contributed by atoms with van der Waals surface area (Å²) in [4.78, 5) is 14.6. The Morgan fingerprint density at radius 2 is 1.95 bits per heavy atom. The second-order valence-electron chi connectivity index (χ2n) is 6.32. The van der Waals surface area contributed by atoms with E-state index in [0.29, 0.717) is 18.0 Å². The average molecular weight is 287 g/mol. The van der Waals surface area contributed by atoms with E-state index in [4.69, 9.17) is 0 Å². The number of fused-ring (bicyclic) bond motifs is 1. The van der Waals surface area contributed by atoms with E-state index in [1.54, 1.807) is 0 Å². The largest absolute Gasteiger partial charge is 0.339 e. The summed E-state index contributed by atoms with van der Waals surface area (Å²) in [6.07, 6.45) is 10.9. The number of amides is 1. The molecule has 2 saturated heterocycles. The molecule has 3 atom stereocenters. The van der Waals surface area contributed by atoms with Gasteiger partial charge in [-0.05, 0) is 57.4 Å². The van der Waals surface area contributed by atoms with E-state index in [2.05, 4.69) is 10.2 Å². The summed E-state index contributed by atoms with van der Waals surface area (Å²) < 4.78 is 0. The minimum atomic E-state index is 0. The first-order chi connectivity index (χ1) is 8.84. The van der Waals surface area contributed by atoms with Crippen LogP contribution in [0, 0.1) is 5.92 Å². The van der Waals surface area contributed by atoms with Crippen LogP contribution in [0.3, 0.4) is 0 Å². The van der Waals surface area contributed by atoms with Crippen LogP contribution in [0.1, 0.15) is 57.8 Å². The van der Waals surface area contributed by atoms with E-state index in [-0.39, 0.29) is 12.4 Å². The molecular weight excluding hydrogens is 260 g/mol. The topological polar surface area (TPSA) is 32.3 Å². The predicted molar refractivity (Wildman–Crippen MR) is 79.6 cm³/mol. The van der Waals surface area contributed by atoms with Crippen LogP contribution in [0.25, 0.3) is 0 Å². The Balaban J connectivity index is 0.00000133. The van der Waals surface area contributed by atoms with Gasteiger partial charge in [0, 0.05) is 25.0 Å². The predicted octanol–water partition coefficient (Wildman–Crippen LogP) is 2.73. The highest BCUT2D eigenvalue weighted by Crippen LogP contribution is 2.37. The molecular formula is C15H27ClN2O. The Morgan fingerprint density at radius 1 is 1.11 bits per heavy atom. The lowest BCUT2D eigenvalue weighted by molar-refractivity contribution is -0.136. The van der Waals surface area contributed by atoms with Crippen LogP contribution in [-0.2, 0) is 4.79 Å². The number of likely N-dealkylation sites (tertiary alicyclic amines) is 1. The first-order valence-electron chi connectivity index (χ1n) is 7.87. The molecule has 3 rings (SSSR count). The molecule has 0 bridgehead atoms. The van der Waals surface area contributed by atoms with Crippen LogP contribution < -0.4 is 5.32 Å². The van der Waals surface area contributed by atoms with Crippen molar-refractivity contribution < 1.29 is 4.79 Å². The minimum Gasteiger partial charge on any atom is -0.339 e. The van der Waals surface area contributed by atoms with Crippen LogP contribution in [0.15, 0.2) is 0 Å². The average Bonchev–Trinajstić information content (AvgIpc) is 3.05. The first kappa shape index (κ1) is 15.1. The van der Waals surface area contributed by atoms with Gasteiger partial charge in [0.15, 0.2) is 0 Å². The van der Waals surface area contributed by atoms with Gasteiger partial charge in [0.1, 0.15) is 0 Å². The summed E-state index contributed by atoms with van der Waals surface area (Å²) >= 11 is 0. The molecule has 3 fully saturated rings. The monoisotopic (exact) mass is 286 g/mol. The Morgan fingerprint density at radius 3 is 2.74 bits per heavy atom. The third-order valence-electron chi connectivity index (χ3n) is 5.18. The maximum absolute atomic E-state index is 12.4. The second kappa shape index (κ2) is 6.94. The van der Waals surface area contributed by atoms with Crippen molar-refractivity contribution in [3.8, 4) is 0 Å². The lowest BCUT2D eigenvalue weighted by Crippen LogP contribution is -2.46. The van der Waals surface area contributed by atoms with Crippen LogP contribution in [-0.4, -0.2) is 36.0 Å². The number of nitrogens with zero attached hydrogens (tertiary/aromatic N) is 1.